The second kappa shape index (κ2) is 9.51. The molecule has 0 amide bonds. The molecule has 0 saturated heterocycles. The van der Waals surface area contributed by atoms with Crippen LogP contribution in [0.1, 0.15) is 34.0 Å². The van der Waals surface area contributed by atoms with E-state index in [-0.39, 0.29) is 12.2 Å². The lowest BCUT2D eigenvalue weighted by Crippen LogP contribution is -2.20. The van der Waals surface area contributed by atoms with Crippen LogP contribution in [-0.2, 0) is 16.0 Å². The Kier molecular flexibility index (Phi) is 6.58. The van der Waals surface area contributed by atoms with Crippen molar-refractivity contribution in [3.8, 4) is 5.75 Å². The van der Waals surface area contributed by atoms with Gasteiger partial charge in [0, 0.05) is 17.5 Å². The molecule has 0 fully saturated rings. The number of esters is 1. The number of carbonyl (C=O) groups is 2. The van der Waals surface area contributed by atoms with Crippen LogP contribution in [0.5, 0.6) is 5.75 Å². The molecule has 0 aliphatic carbocycles. The normalized spacial score (nSPS) is 11.5. The lowest BCUT2D eigenvalue weighted by molar-refractivity contribution is -0.147. The van der Waals surface area contributed by atoms with Gasteiger partial charge in [0.15, 0.2) is 6.10 Å². The van der Waals surface area contributed by atoms with Crippen molar-refractivity contribution in [1.29, 1.82) is 0 Å². The molecular formula is C24H22O4. The van der Waals surface area contributed by atoms with Crippen molar-refractivity contribution in [2.45, 2.75) is 18.9 Å². The fourth-order valence-corrected chi connectivity index (χ4v) is 2.88. The third-order valence-corrected chi connectivity index (χ3v) is 4.42. The van der Waals surface area contributed by atoms with Crippen LogP contribution in [0.4, 0.5) is 0 Å². The molecule has 4 heteroatoms. The van der Waals surface area contributed by atoms with Crippen molar-refractivity contribution in [3.05, 3.63) is 102 Å². The van der Waals surface area contributed by atoms with E-state index in [1.807, 2.05) is 48.5 Å². The number of ether oxygens (including phenoxy) is 2. The van der Waals surface area contributed by atoms with Crippen LogP contribution >= 0.6 is 0 Å². The third kappa shape index (κ3) is 5.07. The highest BCUT2D eigenvalue weighted by Crippen LogP contribution is 2.23. The smallest absolute Gasteiger partial charge is 0.307 e. The molecule has 28 heavy (non-hydrogen) atoms. The highest BCUT2D eigenvalue weighted by Gasteiger charge is 2.25. The van der Waals surface area contributed by atoms with Crippen molar-refractivity contribution < 1.29 is 19.1 Å². The van der Waals surface area contributed by atoms with E-state index >= 15 is 0 Å². The van der Waals surface area contributed by atoms with Gasteiger partial charge in [-0.25, -0.2) is 0 Å². The molecule has 0 aromatic heterocycles. The fourth-order valence-electron chi connectivity index (χ4n) is 2.88. The molecule has 3 aromatic carbocycles. The van der Waals surface area contributed by atoms with Crippen LogP contribution in [-0.4, -0.2) is 18.9 Å². The lowest BCUT2D eigenvalue weighted by Gasteiger charge is -2.17. The van der Waals surface area contributed by atoms with Gasteiger partial charge in [-0.3, -0.25) is 9.59 Å². The monoisotopic (exact) mass is 374 g/mol. The van der Waals surface area contributed by atoms with Crippen LogP contribution in [0.15, 0.2) is 84.9 Å². The van der Waals surface area contributed by atoms with Gasteiger partial charge in [0.2, 0.25) is 5.78 Å². The van der Waals surface area contributed by atoms with Gasteiger partial charge in [0.1, 0.15) is 5.75 Å². The molecule has 1 atom stereocenters. The largest absolute Gasteiger partial charge is 0.497 e. The van der Waals surface area contributed by atoms with Crippen molar-refractivity contribution in [3.63, 3.8) is 0 Å². The van der Waals surface area contributed by atoms with E-state index in [1.54, 1.807) is 43.5 Å². The Morgan fingerprint density at radius 1 is 0.821 bits per heavy atom. The maximum atomic E-state index is 12.9. The first-order valence-corrected chi connectivity index (χ1v) is 9.14. The number of methoxy groups -OCH3 is 1. The van der Waals surface area contributed by atoms with Crippen LogP contribution in [0.2, 0.25) is 0 Å². The van der Waals surface area contributed by atoms with Crippen molar-refractivity contribution >= 4 is 11.8 Å². The summed E-state index contributed by atoms with van der Waals surface area (Å²) in [6, 6.07) is 25.5. The molecule has 0 heterocycles. The van der Waals surface area contributed by atoms with Crippen LogP contribution in [0.25, 0.3) is 0 Å². The molecule has 0 aliphatic rings. The average molecular weight is 374 g/mol. The summed E-state index contributed by atoms with van der Waals surface area (Å²) in [7, 11) is 1.61. The summed E-state index contributed by atoms with van der Waals surface area (Å²) < 4.78 is 10.7. The third-order valence-electron chi connectivity index (χ3n) is 4.42. The molecule has 3 aromatic rings. The van der Waals surface area contributed by atoms with Gasteiger partial charge >= 0.3 is 5.97 Å². The van der Waals surface area contributed by atoms with E-state index in [2.05, 4.69) is 0 Å². The Balaban J connectivity index is 1.70. The summed E-state index contributed by atoms with van der Waals surface area (Å²) in [5.74, 6) is 0.127. The van der Waals surface area contributed by atoms with Gasteiger partial charge in [-0.05, 0) is 24.1 Å². The Labute approximate surface area is 164 Å². The van der Waals surface area contributed by atoms with E-state index in [1.165, 1.54) is 0 Å². The summed E-state index contributed by atoms with van der Waals surface area (Å²) in [6.45, 7) is 0. The van der Waals surface area contributed by atoms with Crippen molar-refractivity contribution in [2.24, 2.45) is 0 Å². The minimum atomic E-state index is -0.952. The van der Waals surface area contributed by atoms with Gasteiger partial charge in [-0.15, -0.1) is 0 Å². The number of ketones is 1. The molecule has 3 rings (SSSR count). The maximum Gasteiger partial charge on any atom is 0.307 e. The Morgan fingerprint density at radius 3 is 2.04 bits per heavy atom. The number of carbonyl (C=O) groups excluding carboxylic acids is 2. The van der Waals surface area contributed by atoms with Crippen molar-refractivity contribution in [1.82, 2.24) is 0 Å². The molecule has 0 aliphatic heterocycles. The number of Topliss-reactive ketones (excluding diaryl/α,β-unsaturated/α-hetero) is 1. The van der Waals surface area contributed by atoms with Gasteiger partial charge in [-0.1, -0.05) is 72.8 Å². The minimum absolute atomic E-state index is 0.192. The molecule has 0 spiro atoms. The molecule has 4 nitrogen and oxygen atoms in total. The first-order chi connectivity index (χ1) is 13.7. The van der Waals surface area contributed by atoms with E-state index in [0.29, 0.717) is 17.5 Å². The van der Waals surface area contributed by atoms with E-state index in [9.17, 15) is 9.59 Å². The predicted octanol–water partition coefficient (Wildman–Crippen LogP) is 4.80. The van der Waals surface area contributed by atoms with E-state index < -0.39 is 12.1 Å². The minimum Gasteiger partial charge on any atom is -0.497 e. The predicted molar refractivity (Wildman–Crippen MR) is 107 cm³/mol. The first kappa shape index (κ1) is 19.4. The summed E-state index contributed by atoms with van der Waals surface area (Å²) in [5, 5.41) is 0. The number of rotatable bonds is 8. The molecule has 0 N–H and O–H groups in total. The van der Waals surface area contributed by atoms with E-state index in [0.717, 1.165) is 11.3 Å². The van der Waals surface area contributed by atoms with Crippen LogP contribution < -0.4 is 4.74 Å². The zero-order valence-electron chi connectivity index (χ0n) is 15.7. The highest BCUT2D eigenvalue weighted by atomic mass is 16.5. The Hall–Kier alpha value is -3.40. The van der Waals surface area contributed by atoms with Gasteiger partial charge in [0.25, 0.3) is 0 Å². The van der Waals surface area contributed by atoms with Crippen LogP contribution in [0, 0.1) is 0 Å². The van der Waals surface area contributed by atoms with Crippen molar-refractivity contribution in [2.75, 3.05) is 7.11 Å². The summed E-state index contributed by atoms with van der Waals surface area (Å²) >= 11 is 0. The fraction of sp³-hybridized carbons (Fsp3) is 0.167. The number of aryl methyl sites for hydroxylation is 1. The van der Waals surface area contributed by atoms with Gasteiger partial charge in [-0.2, -0.15) is 0 Å². The van der Waals surface area contributed by atoms with Crippen LogP contribution in [0.3, 0.4) is 0 Å². The zero-order chi connectivity index (χ0) is 19.8. The Bertz CT molecular complexity index is 902. The molecule has 0 saturated carbocycles. The average Bonchev–Trinajstić information content (AvgIpc) is 2.77. The molecule has 142 valence electrons. The number of hydrogen-bond donors (Lipinski definition) is 0. The SMILES string of the molecule is COc1ccc(CCC(=O)OC(C(=O)c2ccccc2)c2ccccc2)cc1. The summed E-state index contributed by atoms with van der Waals surface area (Å²) in [6.07, 6.45) is -0.228. The quantitative estimate of drug-likeness (QED) is 0.420. The number of benzene rings is 3. The molecule has 0 radical (unpaired) electrons. The van der Waals surface area contributed by atoms with Gasteiger partial charge in [0.05, 0.1) is 7.11 Å². The zero-order valence-corrected chi connectivity index (χ0v) is 15.7. The Morgan fingerprint density at radius 2 is 1.43 bits per heavy atom. The topological polar surface area (TPSA) is 52.6 Å². The summed E-state index contributed by atoms with van der Waals surface area (Å²) in [5.41, 5.74) is 2.18. The second-order valence-electron chi connectivity index (χ2n) is 6.36. The standard InChI is InChI=1S/C24H22O4/c1-27-21-15-12-18(13-16-21)14-17-22(25)28-24(20-10-6-3-7-11-20)23(26)19-8-4-2-5-9-19/h2-13,15-16,24H,14,17H2,1H3. The molecular weight excluding hydrogens is 352 g/mol. The molecule has 1 unspecified atom stereocenters. The maximum absolute atomic E-state index is 12.9. The highest BCUT2D eigenvalue weighted by molar-refractivity contribution is 6.00. The second-order valence-corrected chi connectivity index (χ2v) is 6.36. The first-order valence-electron chi connectivity index (χ1n) is 9.14. The molecule has 0 bridgehead atoms. The van der Waals surface area contributed by atoms with Gasteiger partial charge < -0.3 is 9.47 Å². The summed E-state index contributed by atoms with van der Waals surface area (Å²) in [4.78, 5) is 25.4. The number of hydrogen-bond acceptors (Lipinski definition) is 4. The van der Waals surface area contributed by atoms with E-state index in [4.69, 9.17) is 9.47 Å². The lowest BCUT2D eigenvalue weighted by atomic mass is 10.00.